The van der Waals surface area contributed by atoms with Gasteiger partial charge >= 0.3 is 0 Å². The van der Waals surface area contributed by atoms with E-state index in [0.29, 0.717) is 46.2 Å². The molecule has 0 aromatic heterocycles. The van der Waals surface area contributed by atoms with Crippen molar-refractivity contribution in [1.82, 2.24) is 0 Å². The van der Waals surface area contributed by atoms with Crippen LogP contribution in [0.1, 0.15) is 16.7 Å². The van der Waals surface area contributed by atoms with Crippen molar-refractivity contribution in [2.45, 2.75) is 13.8 Å². The fourth-order valence-electron chi connectivity index (χ4n) is 3.32. The molecule has 1 saturated heterocycles. The molecule has 0 aliphatic carbocycles. The number of hydrogen-bond donors (Lipinski definition) is 0. The van der Waals surface area contributed by atoms with Crippen LogP contribution in [0.15, 0.2) is 67.4 Å². The van der Waals surface area contributed by atoms with E-state index in [-0.39, 0.29) is 12.5 Å². The van der Waals surface area contributed by atoms with Gasteiger partial charge in [-0.1, -0.05) is 41.3 Å². The molecule has 1 aliphatic rings. The van der Waals surface area contributed by atoms with Gasteiger partial charge in [-0.3, -0.25) is 9.69 Å². The van der Waals surface area contributed by atoms with Gasteiger partial charge in [0.1, 0.15) is 12.4 Å². The molecule has 4 nitrogen and oxygen atoms in total. The van der Waals surface area contributed by atoms with E-state index in [1.54, 1.807) is 23.1 Å². The second-order valence-corrected chi connectivity index (χ2v) is 11.4. The number of ether oxygens (including phenoxy) is 1. The largest absolute Gasteiger partial charge is 0.479 e. The Kier molecular flexibility index (Phi) is 8.54. The summed E-state index contributed by atoms with van der Waals surface area (Å²) in [6, 6.07) is 14.8. The monoisotopic (exact) mass is 662 g/mol. The number of aliphatic imine (C=N–C) groups is 1. The second kappa shape index (κ2) is 11.5. The predicted octanol–water partition coefficient (Wildman–Crippen LogP) is 8.96. The molecule has 0 spiro atoms. The number of thioether (sulfide) groups is 1. The Morgan fingerprint density at radius 1 is 1.06 bits per heavy atom. The lowest BCUT2D eigenvalue weighted by Gasteiger charge is -2.16. The number of amidine groups is 1. The molecule has 0 N–H and O–H groups in total. The standard InChI is InChI=1S/C27H18Br2Cl2N2O2S/c1-4-9-35-25-20(28)10-17(11-21(25)29)12-24-26(34)33(19-8-6-16(3)23(31)14-19)27(36-24)32-18-7-5-15(2)22(30)13-18/h1,5-8,10-14H,9H2,2-3H3/b24-12+,32-27?. The molecule has 3 aromatic rings. The topological polar surface area (TPSA) is 41.9 Å². The van der Waals surface area contributed by atoms with E-state index in [1.807, 2.05) is 50.2 Å². The average molecular weight is 665 g/mol. The molecule has 1 aliphatic heterocycles. The number of aryl methyl sites for hydroxylation is 2. The first-order valence-corrected chi connectivity index (χ1v) is 13.7. The molecule has 3 aromatic carbocycles. The molecule has 182 valence electrons. The van der Waals surface area contributed by atoms with Crippen LogP contribution in [0.25, 0.3) is 6.08 Å². The number of benzene rings is 3. The molecule has 4 rings (SSSR count). The molecule has 1 amide bonds. The highest BCUT2D eigenvalue weighted by molar-refractivity contribution is 9.11. The van der Waals surface area contributed by atoms with Crippen molar-refractivity contribution >= 4 is 95.3 Å². The molecule has 0 unspecified atom stereocenters. The summed E-state index contributed by atoms with van der Waals surface area (Å²) in [6.45, 7) is 3.98. The first kappa shape index (κ1) is 26.8. The van der Waals surface area contributed by atoms with Gasteiger partial charge in [0.25, 0.3) is 5.91 Å². The summed E-state index contributed by atoms with van der Waals surface area (Å²) < 4.78 is 7.00. The lowest BCUT2D eigenvalue weighted by atomic mass is 10.2. The SMILES string of the molecule is C#CCOc1c(Br)cc(/C=C2/SC(=Nc3ccc(C)c(Cl)c3)N(c3ccc(C)c(Cl)c3)C2=O)cc1Br. The number of carbonyl (C=O) groups excluding carboxylic acids is 1. The molecule has 0 bridgehead atoms. The summed E-state index contributed by atoms with van der Waals surface area (Å²) >= 11 is 21.0. The fourth-order valence-corrected chi connectivity index (χ4v) is 6.13. The van der Waals surface area contributed by atoms with Gasteiger partial charge < -0.3 is 4.74 Å². The quantitative estimate of drug-likeness (QED) is 0.202. The third-order valence-electron chi connectivity index (χ3n) is 5.22. The van der Waals surface area contributed by atoms with Crippen molar-refractivity contribution in [3.05, 3.63) is 89.1 Å². The van der Waals surface area contributed by atoms with Crippen molar-refractivity contribution in [1.29, 1.82) is 0 Å². The van der Waals surface area contributed by atoms with Crippen molar-refractivity contribution in [2.24, 2.45) is 4.99 Å². The van der Waals surface area contributed by atoms with Crippen molar-refractivity contribution < 1.29 is 9.53 Å². The molecule has 0 saturated carbocycles. The van der Waals surface area contributed by atoms with Crippen molar-refractivity contribution in [3.63, 3.8) is 0 Å². The van der Waals surface area contributed by atoms with Crippen molar-refractivity contribution in [2.75, 3.05) is 11.5 Å². The maximum Gasteiger partial charge on any atom is 0.271 e. The van der Waals surface area contributed by atoms with E-state index < -0.39 is 0 Å². The smallest absolute Gasteiger partial charge is 0.271 e. The highest BCUT2D eigenvalue weighted by atomic mass is 79.9. The Morgan fingerprint density at radius 2 is 1.69 bits per heavy atom. The normalized spacial score (nSPS) is 15.6. The number of terminal acetylenes is 1. The molecular formula is C27H18Br2Cl2N2O2S. The first-order valence-electron chi connectivity index (χ1n) is 10.6. The lowest BCUT2D eigenvalue weighted by Crippen LogP contribution is -2.28. The number of hydrogen-bond acceptors (Lipinski definition) is 4. The zero-order chi connectivity index (χ0) is 26.0. The fraction of sp³-hybridized carbons (Fsp3) is 0.111. The van der Waals surface area contributed by atoms with Crippen LogP contribution in [-0.2, 0) is 4.79 Å². The van der Waals surface area contributed by atoms with E-state index >= 15 is 0 Å². The highest BCUT2D eigenvalue weighted by Gasteiger charge is 2.35. The summed E-state index contributed by atoms with van der Waals surface area (Å²) in [5, 5.41) is 1.67. The zero-order valence-corrected chi connectivity index (χ0v) is 24.6. The minimum Gasteiger partial charge on any atom is -0.479 e. The number of carbonyl (C=O) groups is 1. The maximum absolute atomic E-state index is 13.6. The summed E-state index contributed by atoms with van der Waals surface area (Å²) in [5.41, 5.74) is 3.93. The summed E-state index contributed by atoms with van der Waals surface area (Å²) in [6.07, 6.45) is 7.11. The predicted molar refractivity (Wildman–Crippen MR) is 159 cm³/mol. The molecule has 9 heteroatoms. The molecule has 0 atom stereocenters. The van der Waals surface area contributed by atoms with Gasteiger partial charge in [-0.15, -0.1) is 6.42 Å². The van der Waals surface area contributed by atoms with Crippen LogP contribution in [0, 0.1) is 26.2 Å². The Morgan fingerprint density at radius 3 is 2.31 bits per heavy atom. The van der Waals surface area contributed by atoms with Gasteiger partial charge in [-0.25, -0.2) is 4.99 Å². The van der Waals surface area contributed by atoms with E-state index in [1.165, 1.54) is 11.8 Å². The van der Waals surface area contributed by atoms with Crippen LogP contribution >= 0.6 is 66.8 Å². The highest BCUT2D eigenvalue weighted by Crippen LogP contribution is 2.40. The Labute approximate surface area is 241 Å². The molecule has 1 fully saturated rings. The summed E-state index contributed by atoms with van der Waals surface area (Å²) in [7, 11) is 0. The van der Waals surface area contributed by atoms with Crippen LogP contribution in [0.2, 0.25) is 10.0 Å². The number of halogens is 4. The van der Waals surface area contributed by atoms with Crippen molar-refractivity contribution in [3.8, 4) is 18.1 Å². The van der Waals surface area contributed by atoms with Gasteiger partial charge in [0, 0.05) is 10.0 Å². The van der Waals surface area contributed by atoms with E-state index in [9.17, 15) is 4.79 Å². The molecule has 36 heavy (non-hydrogen) atoms. The molecule has 0 radical (unpaired) electrons. The average Bonchev–Trinajstić information content (AvgIpc) is 3.12. The third-order valence-corrected chi connectivity index (χ3v) is 8.18. The number of amides is 1. The van der Waals surface area contributed by atoms with Gasteiger partial charge in [0.15, 0.2) is 5.17 Å². The molecular weight excluding hydrogens is 647 g/mol. The Hall–Kier alpha value is -2.21. The minimum atomic E-state index is -0.211. The van der Waals surface area contributed by atoms with Gasteiger partial charge in [-0.05, 0) is 117 Å². The number of rotatable bonds is 5. The van der Waals surface area contributed by atoms with E-state index in [4.69, 9.17) is 39.4 Å². The third kappa shape index (κ3) is 5.85. The Bertz CT molecular complexity index is 1460. The van der Waals surface area contributed by atoms with Crippen LogP contribution in [-0.4, -0.2) is 17.7 Å². The number of nitrogens with zero attached hydrogens (tertiary/aromatic N) is 2. The van der Waals surface area contributed by atoms with E-state index in [2.05, 4.69) is 37.8 Å². The van der Waals surface area contributed by atoms with Crippen LogP contribution < -0.4 is 9.64 Å². The minimum absolute atomic E-state index is 0.142. The van der Waals surface area contributed by atoms with Crippen LogP contribution in [0.4, 0.5) is 11.4 Å². The van der Waals surface area contributed by atoms with Crippen LogP contribution in [0.5, 0.6) is 5.75 Å². The lowest BCUT2D eigenvalue weighted by molar-refractivity contribution is -0.113. The van der Waals surface area contributed by atoms with E-state index in [0.717, 1.165) is 16.7 Å². The second-order valence-electron chi connectivity index (χ2n) is 7.82. The molecule has 1 heterocycles. The Balaban J connectivity index is 1.78. The zero-order valence-electron chi connectivity index (χ0n) is 19.1. The van der Waals surface area contributed by atoms with Gasteiger partial charge in [-0.2, -0.15) is 0 Å². The summed E-state index contributed by atoms with van der Waals surface area (Å²) in [5.74, 6) is 2.83. The van der Waals surface area contributed by atoms with Crippen LogP contribution in [0.3, 0.4) is 0 Å². The number of anilines is 1. The maximum atomic E-state index is 13.6. The van der Waals surface area contributed by atoms with Gasteiger partial charge in [0.05, 0.1) is 25.2 Å². The summed E-state index contributed by atoms with van der Waals surface area (Å²) in [4.78, 5) is 20.4. The first-order chi connectivity index (χ1) is 17.2. The van der Waals surface area contributed by atoms with Gasteiger partial charge in [0.2, 0.25) is 0 Å².